The van der Waals surface area contributed by atoms with Crippen LogP contribution in [0.3, 0.4) is 0 Å². The number of hydrogen-bond acceptors (Lipinski definition) is 0. The van der Waals surface area contributed by atoms with Gasteiger partial charge in [-0.05, 0) is 0 Å². The van der Waals surface area contributed by atoms with Crippen LogP contribution in [-0.4, -0.2) is 15.0 Å². The molecule has 1 heteroatoms. The van der Waals surface area contributed by atoms with Gasteiger partial charge in [0.25, 0.3) is 0 Å². The maximum atomic E-state index is 2.46. The molecular weight excluding hydrogens is 379 g/mol. The van der Waals surface area contributed by atoms with Crippen molar-refractivity contribution in [1.82, 2.24) is 0 Å². The van der Waals surface area contributed by atoms with Gasteiger partial charge in [-0.1, -0.05) is 0 Å². The normalized spacial score (nSPS) is 15.3. The third kappa shape index (κ3) is 3.43. The third-order valence-electron chi connectivity index (χ3n) is 5.17. The molecule has 3 aromatic rings. The molecule has 0 atom stereocenters. The van der Waals surface area contributed by atoms with E-state index in [-0.39, 0.29) is 5.41 Å². The SMILES string of the molecule is Cc1ccc(C2=CCC(C)(C)c3cc([Se]c4ccccc4)ccc32)cc1. The zero-order chi connectivity index (χ0) is 18.1. The van der Waals surface area contributed by atoms with E-state index < -0.39 is 0 Å². The monoisotopic (exact) mass is 404 g/mol. The zero-order valence-corrected chi connectivity index (χ0v) is 17.3. The molecule has 0 bridgehead atoms. The maximum absolute atomic E-state index is 2.46. The predicted molar refractivity (Wildman–Crippen MR) is 114 cm³/mol. The van der Waals surface area contributed by atoms with Gasteiger partial charge in [-0.15, -0.1) is 0 Å². The molecule has 130 valence electrons. The molecule has 0 saturated carbocycles. The van der Waals surface area contributed by atoms with E-state index in [0.717, 1.165) is 6.42 Å². The molecule has 0 aliphatic heterocycles. The van der Waals surface area contributed by atoms with E-state index in [1.54, 1.807) is 0 Å². The fourth-order valence-electron chi connectivity index (χ4n) is 3.59. The number of allylic oxidation sites excluding steroid dienone is 1. The van der Waals surface area contributed by atoms with Crippen molar-refractivity contribution in [2.24, 2.45) is 0 Å². The summed E-state index contributed by atoms with van der Waals surface area (Å²) in [4.78, 5) is 0. The van der Waals surface area contributed by atoms with Gasteiger partial charge in [0.15, 0.2) is 0 Å². The van der Waals surface area contributed by atoms with E-state index in [1.807, 2.05) is 0 Å². The zero-order valence-electron chi connectivity index (χ0n) is 15.6. The Morgan fingerprint density at radius 1 is 0.808 bits per heavy atom. The van der Waals surface area contributed by atoms with Crippen LogP contribution >= 0.6 is 0 Å². The number of aryl methyl sites for hydroxylation is 1. The molecule has 26 heavy (non-hydrogen) atoms. The van der Waals surface area contributed by atoms with Gasteiger partial charge >= 0.3 is 163 Å². The Labute approximate surface area is 163 Å². The summed E-state index contributed by atoms with van der Waals surface area (Å²) < 4.78 is 2.89. The molecule has 0 unspecified atom stereocenters. The summed E-state index contributed by atoms with van der Waals surface area (Å²) in [5.41, 5.74) is 7.11. The predicted octanol–water partition coefficient (Wildman–Crippen LogP) is 4.76. The summed E-state index contributed by atoms with van der Waals surface area (Å²) in [5.74, 6) is 0. The van der Waals surface area contributed by atoms with Crippen molar-refractivity contribution in [2.75, 3.05) is 0 Å². The number of rotatable bonds is 3. The molecule has 0 aromatic heterocycles. The van der Waals surface area contributed by atoms with Crippen molar-refractivity contribution in [3.8, 4) is 0 Å². The molecule has 0 heterocycles. The Bertz CT molecular complexity index is 947. The summed E-state index contributed by atoms with van der Waals surface area (Å²) in [7, 11) is 0. The van der Waals surface area contributed by atoms with Gasteiger partial charge < -0.3 is 0 Å². The van der Waals surface area contributed by atoms with Crippen LogP contribution in [0.1, 0.15) is 42.5 Å². The van der Waals surface area contributed by atoms with Crippen molar-refractivity contribution in [3.05, 3.63) is 101 Å². The average Bonchev–Trinajstić information content (AvgIpc) is 2.64. The van der Waals surface area contributed by atoms with Crippen LogP contribution in [0.5, 0.6) is 0 Å². The topological polar surface area (TPSA) is 0 Å². The Hall–Kier alpha value is -2.08. The Kier molecular flexibility index (Phi) is 4.61. The molecule has 0 amide bonds. The van der Waals surface area contributed by atoms with Crippen molar-refractivity contribution in [3.63, 3.8) is 0 Å². The minimum absolute atomic E-state index is 0.187. The van der Waals surface area contributed by atoms with Crippen LogP contribution in [0.15, 0.2) is 78.9 Å². The quantitative estimate of drug-likeness (QED) is 0.553. The van der Waals surface area contributed by atoms with Crippen LogP contribution in [0.2, 0.25) is 0 Å². The molecule has 0 nitrogen and oxygen atoms in total. The van der Waals surface area contributed by atoms with Gasteiger partial charge in [0, 0.05) is 0 Å². The second kappa shape index (κ2) is 6.91. The van der Waals surface area contributed by atoms with Crippen LogP contribution in [0.25, 0.3) is 5.57 Å². The van der Waals surface area contributed by atoms with Crippen LogP contribution in [-0.2, 0) is 5.41 Å². The molecule has 1 aliphatic rings. The van der Waals surface area contributed by atoms with Gasteiger partial charge in [0.05, 0.1) is 0 Å². The summed E-state index contributed by atoms with van der Waals surface area (Å²) in [6.07, 6.45) is 3.51. The van der Waals surface area contributed by atoms with Crippen LogP contribution < -0.4 is 8.92 Å². The number of hydrogen-bond donors (Lipinski definition) is 0. The van der Waals surface area contributed by atoms with Gasteiger partial charge in [-0.25, -0.2) is 0 Å². The van der Waals surface area contributed by atoms with E-state index in [4.69, 9.17) is 0 Å². The van der Waals surface area contributed by atoms with Gasteiger partial charge in [0.2, 0.25) is 0 Å². The van der Waals surface area contributed by atoms with E-state index >= 15 is 0 Å². The van der Waals surface area contributed by atoms with Crippen LogP contribution in [0.4, 0.5) is 0 Å². The first-order valence-corrected chi connectivity index (χ1v) is 10.9. The minimum atomic E-state index is 0.187. The summed E-state index contributed by atoms with van der Waals surface area (Å²) in [5, 5.41) is 0. The summed E-state index contributed by atoms with van der Waals surface area (Å²) >= 11 is 0.359. The summed E-state index contributed by atoms with van der Waals surface area (Å²) in [6, 6.07) is 26.9. The Morgan fingerprint density at radius 3 is 2.27 bits per heavy atom. The molecule has 0 radical (unpaired) electrons. The van der Waals surface area contributed by atoms with E-state index in [9.17, 15) is 0 Å². The standard InChI is InChI=1S/C25H24Se/c1-18-9-11-19(12-10-18)22-15-16-25(2,3)24-17-21(13-14-23(22)24)26-20-7-5-4-6-8-20/h4-15,17H,16H2,1-3H3. The Balaban J connectivity index is 1.74. The number of benzene rings is 3. The van der Waals surface area contributed by atoms with E-state index in [2.05, 4.69) is 99.6 Å². The first-order chi connectivity index (χ1) is 12.5. The number of fused-ring (bicyclic) bond motifs is 1. The van der Waals surface area contributed by atoms with E-state index in [1.165, 1.54) is 36.8 Å². The van der Waals surface area contributed by atoms with Crippen LogP contribution in [0, 0.1) is 6.92 Å². The van der Waals surface area contributed by atoms with Crippen molar-refractivity contribution < 1.29 is 0 Å². The molecule has 0 saturated heterocycles. The van der Waals surface area contributed by atoms with Crippen molar-refractivity contribution in [2.45, 2.75) is 32.6 Å². The fourth-order valence-corrected chi connectivity index (χ4v) is 5.43. The second-order valence-corrected chi connectivity index (χ2v) is 10.1. The fraction of sp³-hybridized carbons (Fsp3) is 0.200. The third-order valence-corrected chi connectivity index (χ3v) is 7.26. The second-order valence-electron chi connectivity index (χ2n) is 7.69. The molecule has 0 fully saturated rings. The average molecular weight is 403 g/mol. The molecule has 3 aromatic carbocycles. The van der Waals surface area contributed by atoms with Crippen molar-refractivity contribution >= 4 is 29.5 Å². The van der Waals surface area contributed by atoms with Gasteiger partial charge in [0.1, 0.15) is 0 Å². The summed E-state index contributed by atoms with van der Waals surface area (Å²) in [6.45, 7) is 6.88. The van der Waals surface area contributed by atoms with Gasteiger partial charge in [-0.3, -0.25) is 0 Å². The first kappa shape index (κ1) is 17.3. The Morgan fingerprint density at radius 2 is 1.54 bits per heavy atom. The molecule has 0 N–H and O–H groups in total. The van der Waals surface area contributed by atoms with Gasteiger partial charge in [-0.2, -0.15) is 0 Å². The van der Waals surface area contributed by atoms with Crippen molar-refractivity contribution in [1.29, 1.82) is 0 Å². The molecule has 0 spiro atoms. The first-order valence-electron chi connectivity index (χ1n) is 9.18. The molecular formula is C25H24Se. The molecule has 4 rings (SSSR count). The molecule has 1 aliphatic carbocycles. The van der Waals surface area contributed by atoms with E-state index in [0.29, 0.717) is 15.0 Å².